The van der Waals surface area contributed by atoms with Crippen molar-refractivity contribution in [3.63, 3.8) is 0 Å². The lowest BCUT2D eigenvalue weighted by atomic mass is 9.84. The summed E-state index contributed by atoms with van der Waals surface area (Å²) < 4.78 is 15.8. The third kappa shape index (κ3) is 4.05. The normalized spacial score (nSPS) is 15.0. The van der Waals surface area contributed by atoms with Gasteiger partial charge >= 0.3 is 0 Å². The Morgan fingerprint density at radius 1 is 1.06 bits per heavy atom. The van der Waals surface area contributed by atoms with Gasteiger partial charge in [0.15, 0.2) is 0 Å². The fourth-order valence-corrected chi connectivity index (χ4v) is 2.08. The highest BCUT2D eigenvalue weighted by Gasteiger charge is 2.19. The van der Waals surface area contributed by atoms with E-state index in [0.29, 0.717) is 0 Å². The molecule has 0 spiro atoms. The van der Waals surface area contributed by atoms with Crippen molar-refractivity contribution >= 4 is 17.2 Å². The lowest BCUT2D eigenvalue weighted by Crippen LogP contribution is -2.20. The number of hydrogen-bond acceptors (Lipinski definition) is 1. The van der Waals surface area contributed by atoms with E-state index >= 15 is 0 Å². The molecule has 100 valence electrons. The monoisotopic (exact) mass is 265 g/mol. The predicted molar refractivity (Wildman–Crippen MR) is 80.6 cm³/mol. The van der Waals surface area contributed by atoms with Crippen molar-refractivity contribution in [1.82, 2.24) is 0 Å². The Labute approximate surface area is 113 Å². The Morgan fingerprint density at radius 3 is 2.11 bits per heavy atom. The summed E-state index contributed by atoms with van der Waals surface area (Å²) in [5, 5.41) is 0. The second-order valence-electron chi connectivity index (χ2n) is 6.43. The van der Waals surface area contributed by atoms with Gasteiger partial charge < -0.3 is 0 Å². The molecule has 0 amide bonds. The molecule has 0 saturated carbocycles. The molecular formula is C15H23NOS. The molecule has 1 unspecified atom stereocenters. The maximum atomic E-state index is 11.9. The summed E-state index contributed by atoms with van der Waals surface area (Å²) >= 11 is 0. The zero-order chi connectivity index (χ0) is 14.0. The topological polar surface area (TPSA) is 29.4 Å². The van der Waals surface area contributed by atoms with E-state index in [-0.39, 0.29) is 10.2 Å². The highest BCUT2D eigenvalue weighted by atomic mass is 32.2. The molecule has 1 aromatic rings. The minimum absolute atomic E-state index is 0.0613. The molecule has 0 aliphatic rings. The maximum Gasteiger partial charge on any atom is 0.144 e. The van der Waals surface area contributed by atoms with Crippen LogP contribution < -0.4 is 0 Å². The second kappa shape index (κ2) is 5.35. The standard InChI is InChI=1S/C15H23NOS/c1-14(2,3)13-10-8-7-9-12(13)11-16-18(17)15(4,5)6/h7-11H,1-6H3. The lowest BCUT2D eigenvalue weighted by Gasteiger charge is -2.21. The van der Waals surface area contributed by atoms with E-state index in [2.05, 4.69) is 31.2 Å². The zero-order valence-corrected chi connectivity index (χ0v) is 13.0. The average molecular weight is 265 g/mol. The molecule has 3 heteroatoms. The molecule has 18 heavy (non-hydrogen) atoms. The molecule has 0 saturated heterocycles. The van der Waals surface area contributed by atoms with Gasteiger partial charge in [-0.25, -0.2) is 4.21 Å². The van der Waals surface area contributed by atoms with Crippen LogP contribution >= 0.6 is 0 Å². The van der Waals surface area contributed by atoms with E-state index in [1.54, 1.807) is 6.21 Å². The molecule has 2 nitrogen and oxygen atoms in total. The van der Waals surface area contributed by atoms with Gasteiger partial charge in [0.25, 0.3) is 0 Å². The Morgan fingerprint density at radius 2 is 1.61 bits per heavy atom. The summed E-state index contributed by atoms with van der Waals surface area (Å²) in [5.74, 6) is 0. The fraction of sp³-hybridized carbons (Fsp3) is 0.533. The molecule has 0 N–H and O–H groups in total. The van der Waals surface area contributed by atoms with Crippen LogP contribution in [0.3, 0.4) is 0 Å². The molecular weight excluding hydrogens is 242 g/mol. The first kappa shape index (κ1) is 15.1. The van der Waals surface area contributed by atoms with E-state index in [9.17, 15) is 4.21 Å². The number of hydrogen-bond donors (Lipinski definition) is 0. The molecule has 0 aliphatic carbocycles. The Kier molecular flexibility index (Phi) is 4.49. The summed E-state index contributed by atoms with van der Waals surface area (Å²) in [4.78, 5) is 0. The molecule has 1 aromatic carbocycles. The van der Waals surface area contributed by atoms with E-state index in [0.717, 1.165) is 5.56 Å². The Hall–Kier alpha value is -0.960. The number of benzene rings is 1. The van der Waals surface area contributed by atoms with Crippen molar-refractivity contribution in [2.24, 2.45) is 4.40 Å². The van der Waals surface area contributed by atoms with Gasteiger partial charge in [-0.15, -0.1) is 0 Å². The molecule has 0 bridgehead atoms. The van der Waals surface area contributed by atoms with Crippen LogP contribution in [-0.4, -0.2) is 15.2 Å². The summed E-state index contributed by atoms with van der Waals surface area (Å²) in [6, 6.07) is 8.13. The van der Waals surface area contributed by atoms with Crippen LogP contribution in [0.5, 0.6) is 0 Å². The van der Waals surface area contributed by atoms with E-state index in [4.69, 9.17) is 0 Å². The number of rotatable bonds is 2. The van der Waals surface area contributed by atoms with Gasteiger partial charge in [-0.05, 0) is 37.3 Å². The molecule has 0 radical (unpaired) electrons. The highest BCUT2D eigenvalue weighted by Crippen LogP contribution is 2.25. The first-order chi connectivity index (χ1) is 8.12. The zero-order valence-electron chi connectivity index (χ0n) is 12.2. The van der Waals surface area contributed by atoms with Crippen molar-refractivity contribution in [1.29, 1.82) is 0 Å². The number of nitrogens with zero attached hydrogens (tertiary/aromatic N) is 1. The van der Waals surface area contributed by atoms with Gasteiger partial charge in [-0.3, -0.25) is 0 Å². The largest absolute Gasteiger partial charge is 0.234 e. The molecule has 1 atom stereocenters. The van der Waals surface area contributed by atoms with Gasteiger partial charge in [0.1, 0.15) is 11.0 Å². The molecule has 0 fully saturated rings. The highest BCUT2D eigenvalue weighted by molar-refractivity contribution is 7.85. The third-order valence-electron chi connectivity index (χ3n) is 2.58. The van der Waals surface area contributed by atoms with Gasteiger partial charge in [0.05, 0.1) is 4.75 Å². The Balaban J connectivity index is 3.06. The predicted octanol–water partition coefficient (Wildman–Crippen LogP) is 3.87. The minimum Gasteiger partial charge on any atom is -0.234 e. The van der Waals surface area contributed by atoms with E-state index in [1.165, 1.54) is 5.56 Å². The average Bonchev–Trinajstić information content (AvgIpc) is 2.23. The first-order valence-electron chi connectivity index (χ1n) is 6.18. The van der Waals surface area contributed by atoms with E-state index < -0.39 is 11.0 Å². The quantitative estimate of drug-likeness (QED) is 0.746. The van der Waals surface area contributed by atoms with Crippen LogP contribution in [0.4, 0.5) is 0 Å². The van der Waals surface area contributed by atoms with Gasteiger partial charge in [-0.2, -0.15) is 4.40 Å². The lowest BCUT2D eigenvalue weighted by molar-refractivity contribution is 0.589. The van der Waals surface area contributed by atoms with Crippen molar-refractivity contribution in [2.45, 2.75) is 51.7 Å². The third-order valence-corrected chi connectivity index (χ3v) is 3.92. The van der Waals surface area contributed by atoms with Crippen molar-refractivity contribution in [3.8, 4) is 0 Å². The van der Waals surface area contributed by atoms with Crippen LogP contribution in [0.25, 0.3) is 0 Å². The van der Waals surface area contributed by atoms with Crippen LogP contribution in [0.15, 0.2) is 28.7 Å². The molecule has 1 rings (SSSR count). The molecule has 0 aliphatic heterocycles. The van der Waals surface area contributed by atoms with Crippen LogP contribution in [-0.2, 0) is 16.4 Å². The second-order valence-corrected chi connectivity index (χ2v) is 8.37. The molecule has 0 aromatic heterocycles. The Bertz CT molecular complexity index is 464. The smallest absolute Gasteiger partial charge is 0.144 e. The maximum absolute atomic E-state index is 11.9. The molecule has 0 heterocycles. The minimum atomic E-state index is -1.20. The van der Waals surface area contributed by atoms with Crippen LogP contribution in [0.1, 0.15) is 52.7 Å². The van der Waals surface area contributed by atoms with Crippen LogP contribution in [0.2, 0.25) is 0 Å². The summed E-state index contributed by atoms with van der Waals surface area (Å²) in [5.41, 5.74) is 2.33. The van der Waals surface area contributed by atoms with E-state index in [1.807, 2.05) is 39.0 Å². The summed E-state index contributed by atoms with van der Waals surface area (Å²) in [7, 11) is -1.20. The summed E-state index contributed by atoms with van der Waals surface area (Å²) in [6.45, 7) is 12.3. The van der Waals surface area contributed by atoms with Crippen LogP contribution in [0, 0.1) is 0 Å². The van der Waals surface area contributed by atoms with Crippen molar-refractivity contribution in [3.05, 3.63) is 35.4 Å². The van der Waals surface area contributed by atoms with Crippen molar-refractivity contribution < 1.29 is 4.21 Å². The SMILES string of the molecule is CC(C)(C)c1ccccc1C=NS(=O)C(C)(C)C. The van der Waals surface area contributed by atoms with Gasteiger partial charge in [-0.1, -0.05) is 45.0 Å². The first-order valence-corrected chi connectivity index (χ1v) is 7.28. The summed E-state index contributed by atoms with van der Waals surface area (Å²) in [6.07, 6.45) is 1.74. The fourth-order valence-electron chi connectivity index (χ4n) is 1.56. The van der Waals surface area contributed by atoms with Crippen molar-refractivity contribution in [2.75, 3.05) is 0 Å². The van der Waals surface area contributed by atoms with Gasteiger partial charge in [0.2, 0.25) is 0 Å². The van der Waals surface area contributed by atoms with Gasteiger partial charge in [0, 0.05) is 6.21 Å².